The average Bonchev–Trinajstić information content (AvgIpc) is 3.29. The third-order valence-corrected chi connectivity index (χ3v) is 7.08. The molecule has 8 heteroatoms. The summed E-state index contributed by atoms with van der Waals surface area (Å²) in [6, 6.07) is 6.16. The number of nitrogens with one attached hydrogen (secondary N) is 1. The Morgan fingerprint density at radius 2 is 1.94 bits per heavy atom. The van der Waals surface area contributed by atoms with Crippen LogP contribution in [-0.2, 0) is 4.74 Å². The van der Waals surface area contributed by atoms with Crippen molar-refractivity contribution in [1.29, 1.82) is 5.26 Å². The molecule has 1 amide bonds. The lowest BCUT2D eigenvalue weighted by atomic mass is 9.74. The predicted octanol–water partition coefficient (Wildman–Crippen LogP) is 5.33. The molecule has 2 atom stereocenters. The molecule has 2 saturated carbocycles. The minimum Gasteiger partial charge on any atom is -0.444 e. The molecule has 2 bridgehead atoms. The Morgan fingerprint density at radius 1 is 1.25 bits per heavy atom. The molecule has 1 heterocycles. The fraction of sp³-hybridized carbons (Fsp3) is 0.500. The molecule has 0 saturated heterocycles. The summed E-state index contributed by atoms with van der Waals surface area (Å²) in [7, 11) is 0. The number of nitrogens with zero attached hydrogens (tertiary/aromatic N) is 2. The fourth-order valence-electron chi connectivity index (χ4n) is 4.98. The van der Waals surface area contributed by atoms with E-state index < -0.39 is 17.5 Å². The van der Waals surface area contributed by atoms with Gasteiger partial charge in [-0.05, 0) is 70.4 Å². The number of amides is 1. The second-order valence-corrected chi connectivity index (χ2v) is 10.5. The zero-order chi connectivity index (χ0) is 23.0. The van der Waals surface area contributed by atoms with Gasteiger partial charge in [-0.3, -0.25) is 4.79 Å². The minimum absolute atomic E-state index is 0.0138. The van der Waals surface area contributed by atoms with Crippen molar-refractivity contribution in [3.63, 3.8) is 0 Å². The maximum Gasteiger partial charge on any atom is 0.407 e. The summed E-state index contributed by atoms with van der Waals surface area (Å²) in [5.41, 5.74) is 0.518. The van der Waals surface area contributed by atoms with Crippen LogP contribution in [-0.4, -0.2) is 28.5 Å². The number of benzene rings is 1. The number of nitriles is 1. The second kappa shape index (κ2) is 8.62. The maximum atomic E-state index is 14.0. The van der Waals surface area contributed by atoms with Crippen LogP contribution in [0.1, 0.15) is 61.8 Å². The molecule has 4 rings (SSSR count). The van der Waals surface area contributed by atoms with Crippen molar-refractivity contribution < 1.29 is 18.7 Å². The van der Waals surface area contributed by atoms with Gasteiger partial charge in [-0.25, -0.2) is 14.2 Å². The van der Waals surface area contributed by atoms with Crippen molar-refractivity contribution in [3.8, 4) is 17.3 Å². The van der Waals surface area contributed by atoms with Crippen LogP contribution >= 0.6 is 11.3 Å². The summed E-state index contributed by atoms with van der Waals surface area (Å²) in [5, 5.41) is 14.1. The number of thiazole rings is 1. The van der Waals surface area contributed by atoms with Crippen LogP contribution in [0.25, 0.3) is 11.3 Å². The normalized spacial score (nSPS) is 24.6. The number of ether oxygens (including phenoxy) is 1. The Morgan fingerprint density at radius 3 is 2.53 bits per heavy atom. The smallest absolute Gasteiger partial charge is 0.407 e. The van der Waals surface area contributed by atoms with E-state index in [0.717, 1.165) is 25.7 Å². The molecule has 0 radical (unpaired) electrons. The van der Waals surface area contributed by atoms with Gasteiger partial charge in [0.1, 0.15) is 17.5 Å². The SMILES string of the molecule is CC(C)(C)OC(=O)NC1CC2CCC(C1)C2C(=O)c1nc(-c2ccc(C#N)c(F)c2)cs1. The van der Waals surface area contributed by atoms with E-state index >= 15 is 0 Å². The Kier molecular flexibility index (Phi) is 6.04. The van der Waals surface area contributed by atoms with E-state index in [-0.39, 0.29) is 35.1 Å². The number of carbonyl (C=O) groups excluding carboxylic acids is 2. The number of rotatable bonds is 4. The maximum absolute atomic E-state index is 14.0. The third kappa shape index (κ3) is 4.68. The predicted molar refractivity (Wildman–Crippen MR) is 119 cm³/mol. The van der Waals surface area contributed by atoms with Crippen molar-refractivity contribution in [2.24, 2.45) is 17.8 Å². The fourth-order valence-corrected chi connectivity index (χ4v) is 5.79. The van der Waals surface area contributed by atoms with Gasteiger partial charge in [-0.2, -0.15) is 5.26 Å². The van der Waals surface area contributed by atoms with Crippen LogP contribution in [0.15, 0.2) is 23.6 Å². The molecule has 168 valence electrons. The minimum atomic E-state index is -0.597. The molecule has 6 nitrogen and oxygen atoms in total. The van der Waals surface area contributed by atoms with Gasteiger partial charge in [0, 0.05) is 22.9 Å². The Balaban J connectivity index is 1.44. The first-order valence-electron chi connectivity index (χ1n) is 10.8. The molecular formula is C24H26FN3O3S. The van der Waals surface area contributed by atoms with Crippen LogP contribution < -0.4 is 5.32 Å². The number of aromatic nitrogens is 1. The summed E-state index contributed by atoms with van der Waals surface area (Å²) in [6.07, 6.45) is 3.03. The molecule has 0 spiro atoms. The van der Waals surface area contributed by atoms with Gasteiger partial charge >= 0.3 is 6.09 Å². The Labute approximate surface area is 190 Å². The number of fused-ring (bicyclic) bond motifs is 2. The van der Waals surface area contributed by atoms with Gasteiger partial charge in [-0.15, -0.1) is 11.3 Å². The number of halogens is 1. The lowest BCUT2D eigenvalue weighted by Crippen LogP contribution is -2.45. The van der Waals surface area contributed by atoms with E-state index in [4.69, 9.17) is 10.00 Å². The monoisotopic (exact) mass is 455 g/mol. The zero-order valence-electron chi connectivity index (χ0n) is 18.4. The highest BCUT2D eigenvalue weighted by Crippen LogP contribution is 2.48. The number of alkyl carbamates (subject to hydrolysis) is 1. The molecular weight excluding hydrogens is 429 g/mol. The van der Waals surface area contributed by atoms with E-state index in [0.29, 0.717) is 16.3 Å². The summed E-state index contributed by atoms with van der Waals surface area (Å²) in [6.45, 7) is 5.50. The van der Waals surface area contributed by atoms with E-state index in [2.05, 4.69) is 10.3 Å². The lowest BCUT2D eigenvalue weighted by Gasteiger charge is -2.34. The molecule has 1 aromatic heterocycles. The van der Waals surface area contributed by atoms with E-state index in [1.807, 2.05) is 20.8 Å². The third-order valence-electron chi connectivity index (χ3n) is 6.22. The second-order valence-electron chi connectivity index (χ2n) is 9.65. The van der Waals surface area contributed by atoms with Crippen molar-refractivity contribution in [3.05, 3.63) is 40.0 Å². The number of hydrogen-bond donors (Lipinski definition) is 1. The van der Waals surface area contributed by atoms with Crippen LogP contribution in [0, 0.1) is 34.9 Å². The summed E-state index contributed by atoms with van der Waals surface area (Å²) in [5.74, 6) is -0.233. The Hall–Kier alpha value is -2.79. The van der Waals surface area contributed by atoms with Gasteiger partial charge in [0.15, 0.2) is 10.8 Å². The number of Topliss-reactive ketones (excluding diaryl/α,β-unsaturated/α-hetero) is 1. The van der Waals surface area contributed by atoms with E-state index in [9.17, 15) is 14.0 Å². The molecule has 1 N–H and O–H groups in total. The zero-order valence-corrected chi connectivity index (χ0v) is 19.2. The summed E-state index contributed by atoms with van der Waals surface area (Å²) >= 11 is 1.27. The molecule has 32 heavy (non-hydrogen) atoms. The van der Waals surface area contributed by atoms with Crippen LogP contribution in [0.3, 0.4) is 0 Å². The summed E-state index contributed by atoms with van der Waals surface area (Å²) < 4.78 is 19.3. The van der Waals surface area contributed by atoms with Crippen molar-refractivity contribution in [1.82, 2.24) is 10.3 Å². The Bertz CT molecular complexity index is 1070. The largest absolute Gasteiger partial charge is 0.444 e. The lowest BCUT2D eigenvalue weighted by molar-refractivity contribution is 0.0464. The van der Waals surface area contributed by atoms with Crippen molar-refractivity contribution in [2.75, 3.05) is 0 Å². The van der Waals surface area contributed by atoms with Gasteiger partial charge < -0.3 is 10.1 Å². The van der Waals surface area contributed by atoms with Crippen molar-refractivity contribution in [2.45, 2.75) is 58.1 Å². The van der Waals surface area contributed by atoms with Gasteiger partial charge in [0.25, 0.3) is 0 Å². The van der Waals surface area contributed by atoms with Crippen molar-refractivity contribution >= 4 is 23.2 Å². The first kappa shape index (κ1) is 22.4. The van der Waals surface area contributed by atoms with Crippen LogP contribution in [0.4, 0.5) is 9.18 Å². The van der Waals surface area contributed by atoms with Gasteiger partial charge in [0.2, 0.25) is 0 Å². The molecule has 2 fully saturated rings. The first-order chi connectivity index (χ1) is 15.1. The molecule has 2 aliphatic rings. The molecule has 0 aliphatic heterocycles. The van der Waals surface area contributed by atoms with E-state index in [1.165, 1.54) is 23.5 Å². The highest BCUT2D eigenvalue weighted by atomic mass is 32.1. The number of hydrogen-bond acceptors (Lipinski definition) is 6. The highest BCUT2D eigenvalue weighted by Gasteiger charge is 2.47. The van der Waals surface area contributed by atoms with E-state index in [1.54, 1.807) is 17.5 Å². The standard InChI is InChI=1S/C24H26FN3O3S/c1-24(2,3)31-23(30)27-17-8-14-5-6-15(9-17)20(14)21(29)22-28-19(12-32-22)13-4-7-16(11-26)18(25)10-13/h4,7,10,12,14-15,17,20H,5-6,8-9H2,1-3H3,(H,27,30). The van der Waals surface area contributed by atoms with Crippen LogP contribution in [0.2, 0.25) is 0 Å². The average molecular weight is 456 g/mol. The molecule has 2 aliphatic carbocycles. The topological polar surface area (TPSA) is 92.1 Å². The first-order valence-corrected chi connectivity index (χ1v) is 11.7. The van der Waals surface area contributed by atoms with Gasteiger partial charge in [0.05, 0.1) is 11.3 Å². The van der Waals surface area contributed by atoms with Crippen LogP contribution in [0.5, 0.6) is 0 Å². The number of ketones is 1. The molecule has 2 aromatic rings. The summed E-state index contributed by atoms with van der Waals surface area (Å²) in [4.78, 5) is 29.9. The molecule has 1 aromatic carbocycles. The number of carbonyl (C=O) groups is 2. The van der Waals surface area contributed by atoms with Gasteiger partial charge in [-0.1, -0.05) is 6.07 Å². The molecule has 2 unspecified atom stereocenters. The highest BCUT2D eigenvalue weighted by molar-refractivity contribution is 7.12. The quantitative estimate of drug-likeness (QED) is 0.629.